The summed E-state index contributed by atoms with van der Waals surface area (Å²) in [5, 5.41) is 0. The highest BCUT2D eigenvalue weighted by molar-refractivity contribution is 7.99. The molecule has 1 aliphatic carbocycles. The summed E-state index contributed by atoms with van der Waals surface area (Å²) in [6.45, 7) is 0. The molecule has 0 unspecified atom stereocenters. The van der Waals surface area contributed by atoms with Gasteiger partial charge in [0.15, 0.2) is 0 Å². The quantitative estimate of drug-likeness (QED) is 0.545. The standard InChI is InChI=1S/C6H12.C5H10S/c2*1-2-4-6-5-3-1/h1-6H2;1-5H2. The van der Waals surface area contributed by atoms with Crippen LogP contribution >= 0.6 is 11.8 Å². The Hall–Kier alpha value is 0.350. The Bertz CT molecular complexity index is 48.0. The molecular weight excluding hydrogens is 164 g/mol. The number of thioether (sulfide) groups is 1. The molecule has 1 saturated heterocycles. The van der Waals surface area contributed by atoms with Crippen molar-refractivity contribution in [2.45, 2.75) is 57.8 Å². The molecule has 0 spiro atoms. The third-order valence-electron chi connectivity index (χ3n) is 2.58. The van der Waals surface area contributed by atoms with Gasteiger partial charge in [0.1, 0.15) is 0 Å². The highest BCUT2D eigenvalue weighted by Gasteiger charge is 1.96. The van der Waals surface area contributed by atoms with E-state index in [1.54, 1.807) is 0 Å². The van der Waals surface area contributed by atoms with Crippen LogP contribution in [0.5, 0.6) is 0 Å². The first-order chi connectivity index (χ1) is 6.00. The van der Waals surface area contributed by atoms with Crippen molar-refractivity contribution in [3.05, 3.63) is 0 Å². The lowest BCUT2D eigenvalue weighted by atomic mass is 10.0. The zero-order chi connectivity index (χ0) is 8.49. The number of rotatable bonds is 0. The van der Waals surface area contributed by atoms with Gasteiger partial charge in [0, 0.05) is 0 Å². The highest BCUT2D eigenvalue weighted by Crippen LogP contribution is 2.15. The maximum absolute atomic E-state index is 2.09. The summed E-state index contributed by atoms with van der Waals surface area (Å²) in [7, 11) is 0. The number of hydrogen-bond donors (Lipinski definition) is 0. The molecule has 0 aromatic heterocycles. The Morgan fingerprint density at radius 2 is 0.750 bits per heavy atom. The van der Waals surface area contributed by atoms with E-state index in [4.69, 9.17) is 0 Å². The smallest absolute Gasteiger partial charge is 0.00675 e. The van der Waals surface area contributed by atoms with Crippen LogP contribution in [0.2, 0.25) is 0 Å². The van der Waals surface area contributed by atoms with Crippen molar-refractivity contribution in [1.82, 2.24) is 0 Å². The molecule has 1 aliphatic heterocycles. The van der Waals surface area contributed by atoms with Crippen LogP contribution in [0.3, 0.4) is 0 Å². The van der Waals surface area contributed by atoms with E-state index in [1.165, 1.54) is 69.3 Å². The first-order valence-electron chi connectivity index (χ1n) is 5.58. The molecule has 2 aliphatic rings. The van der Waals surface area contributed by atoms with Crippen LogP contribution in [-0.4, -0.2) is 11.5 Å². The van der Waals surface area contributed by atoms with Crippen molar-refractivity contribution in [2.75, 3.05) is 11.5 Å². The van der Waals surface area contributed by atoms with Gasteiger partial charge in [0.25, 0.3) is 0 Å². The molecule has 12 heavy (non-hydrogen) atoms. The van der Waals surface area contributed by atoms with Crippen LogP contribution in [0, 0.1) is 0 Å². The van der Waals surface area contributed by atoms with Crippen LogP contribution in [0.25, 0.3) is 0 Å². The van der Waals surface area contributed by atoms with E-state index in [9.17, 15) is 0 Å². The van der Waals surface area contributed by atoms with Gasteiger partial charge in [-0.25, -0.2) is 0 Å². The van der Waals surface area contributed by atoms with Crippen molar-refractivity contribution >= 4 is 11.8 Å². The van der Waals surface area contributed by atoms with Crippen LogP contribution in [0.1, 0.15) is 57.8 Å². The van der Waals surface area contributed by atoms with E-state index >= 15 is 0 Å². The SMILES string of the molecule is C1CCCCC1.C1CCSCC1. The lowest BCUT2D eigenvalue weighted by Gasteiger charge is -2.05. The zero-order valence-electron chi connectivity index (χ0n) is 8.19. The van der Waals surface area contributed by atoms with Gasteiger partial charge in [0.2, 0.25) is 0 Å². The average molecular weight is 186 g/mol. The molecule has 0 aromatic carbocycles. The second kappa shape index (κ2) is 7.97. The molecule has 2 fully saturated rings. The van der Waals surface area contributed by atoms with Crippen LogP contribution in [0.15, 0.2) is 0 Å². The Morgan fingerprint density at radius 3 is 0.917 bits per heavy atom. The maximum atomic E-state index is 2.09. The predicted octanol–water partition coefficient (Wildman–Crippen LogP) is 4.24. The first kappa shape index (κ1) is 10.4. The summed E-state index contributed by atoms with van der Waals surface area (Å²) in [6, 6.07) is 0. The van der Waals surface area contributed by atoms with Gasteiger partial charge >= 0.3 is 0 Å². The normalized spacial score (nSPS) is 24.0. The minimum absolute atomic E-state index is 1.42. The van der Waals surface area contributed by atoms with Crippen molar-refractivity contribution in [3.8, 4) is 0 Å². The number of hydrogen-bond acceptors (Lipinski definition) is 1. The van der Waals surface area contributed by atoms with Crippen LogP contribution in [0.4, 0.5) is 0 Å². The molecule has 1 heteroatoms. The Balaban J connectivity index is 0.000000120. The summed E-state index contributed by atoms with van der Waals surface area (Å²) >= 11 is 2.09. The minimum atomic E-state index is 1.42. The third-order valence-corrected chi connectivity index (χ3v) is 3.73. The molecule has 1 saturated carbocycles. The van der Waals surface area contributed by atoms with Gasteiger partial charge in [0.05, 0.1) is 0 Å². The van der Waals surface area contributed by atoms with E-state index in [0.717, 1.165) is 0 Å². The molecule has 72 valence electrons. The Labute approximate surface area is 81.5 Å². The topological polar surface area (TPSA) is 0 Å². The van der Waals surface area contributed by atoms with Gasteiger partial charge < -0.3 is 0 Å². The fourth-order valence-electron chi connectivity index (χ4n) is 1.75. The van der Waals surface area contributed by atoms with E-state index < -0.39 is 0 Å². The maximum Gasteiger partial charge on any atom is -0.00675 e. The molecule has 0 atom stereocenters. The lowest BCUT2D eigenvalue weighted by Crippen LogP contribution is -1.91. The summed E-state index contributed by atoms with van der Waals surface area (Å²) < 4.78 is 0. The lowest BCUT2D eigenvalue weighted by molar-refractivity contribution is 0.504. The largest absolute Gasteiger partial charge is 0.162 e. The fourth-order valence-corrected chi connectivity index (χ4v) is 2.77. The summed E-state index contributed by atoms with van der Waals surface area (Å²) in [5.74, 6) is 2.83. The molecule has 0 amide bonds. The van der Waals surface area contributed by atoms with E-state index in [0.29, 0.717) is 0 Å². The van der Waals surface area contributed by atoms with Crippen molar-refractivity contribution in [3.63, 3.8) is 0 Å². The monoisotopic (exact) mass is 186 g/mol. The van der Waals surface area contributed by atoms with Gasteiger partial charge in [-0.1, -0.05) is 44.9 Å². The average Bonchev–Trinajstić information content (AvgIpc) is 2.24. The van der Waals surface area contributed by atoms with Crippen molar-refractivity contribution in [2.24, 2.45) is 0 Å². The molecule has 0 N–H and O–H groups in total. The summed E-state index contributed by atoms with van der Waals surface area (Å²) in [5.41, 5.74) is 0. The molecule has 0 aromatic rings. The molecule has 1 heterocycles. The molecular formula is C11H22S. The Kier molecular flexibility index (Phi) is 6.93. The van der Waals surface area contributed by atoms with Gasteiger partial charge in [-0.15, -0.1) is 0 Å². The third kappa shape index (κ3) is 5.93. The van der Waals surface area contributed by atoms with E-state index in [2.05, 4.69) is 11.8 Å². The van der Waals surface area contributed by atoms with Gasteiger partial charge in [-0.3, -0.25) is 0 Å². The predicted molar refractivity (Wildman–Crippen MR) is 58.9 cm³/mol. The minimum Gasteiger partial charge on any atom is -0.162 e. The summed E-state index contributed by atoms with van der Waals surface area (Å²) in [6.07, 6.45) is 13.4. The van der Waals surface area contributed by atoms with Crippen LogP contribution in [-0.2, 0) is 0 Å². The highest BCUT2D eigenvalue weighted by atomic mass is 32.2. The van der Waals surface area contributed by atoms with Gasteiger partial charge in [-0.2, -0.15) is 11.8 Å². The Morgan fingerprint density at radius 1 is 0.417 bits per heavy atom. The molecule has 0 bridgehead atoms. The second-order valence-corrected chi connectivity index (χ2v) is 5.02. The fraction of sp³-hybridized carbons (Fsp3) is 1.00. The zero-order valence-corrected chi connectivity index (χ0v) is 9.00. The van der Waals surface area contributed by atoms with Crippen molar-refractivity contribution in [1.29, 1.82) is 0 Å². The van der Waals surface area contributed by atoms with Crippen molar-refractivity contribution < 1.29 is 0 Å². The van der Waals surface area contributed by atoms with Gasteiger partial charge in [-0.05, 0) is 24.3 Å². The first-order valence-corrected chi connectivity index (χ1v) is 6.73. The van der Waals surface area contributed by atoms with Crippen LogP contribution < -0.4 is 0 Å². The molecule has 0 nitrogen and oxygen atoms in total. The van der Waals surface area contributed by atoms with E-state index in [1.807, 2.05) is 0 Å². The summed E-state index contributed by atoms with van der Waals surface area (Å²) in [4.78, 5) is 0. The molecule has 2 rings (SSSR count). The molecule has 0 radical (unpaired) electrons. The van der Waals surface area contributed by atoms with E-state index in [-0.39, 0.29) is 0 Å². The second-order valence-electron chi connectivity index (χ2n) is 3.79.